The van der Waals surface area contributed by atoms with Gasteiger partial charge in [-0.05, 0) is 48.5 Å². The number of amides is 1. The molecule has 0 aliphatic carbocycles. The SMILES string of the molecule is COc1ccc(-c2cc(C(=O)Nc3ccc(Cl)cc3)c3ccccc3n2)c(OC)c1. The van der Waals surface area contributed by atoms with E-state index in [1.165, 1.54) is 0 Å². The quantitative estimate of drug-likeness (QED) is 0.443. The number of aromatic nitrogens is 1. The first-order valence-electron chi connectivity index (χ1n) is 9.28. The Hall–Kier alpha value is -3.57. The molecule has 150 valence electrons. The average Bonchev–Trinajstić information content (AvgIpc) is 2.79. The molecule has 6 heteroatoms. The highest BCUT2D eigenvalue weighted by Gasteiger charge is 2.16. The summed E-state index contributed by atoms with van der Waals surface area (Å²) in [5.41, 5.74) is 3.30. The molecule has 1 N–H and O–H groups in total. The molecular formula is C24H19ClN2O3. The number of pyridine rings is 1. The molecule has 0 unspecified atom stereocenters. The molecule has 30 heavy (non-hydrogen) atoms. The normalized spacial score (nSPS) is 10.6. The fourth-order valence-corrected chi connectivity index (χ4v) is 3.37. The van der Waals surface area contributed by atoms with Crippen LogP contribution in [0.25, 0.3) is 22.2 Å². The van der Waals surface area contributed by atoms with E-state index in [9.17, 15) is 4.79 Å². The van der Waals surface area contributed by atoms with E-state index >= 15 is 0 Å². The molecule has 1 aromatic heterocycles. The predicted molar refractivity (Wildman–Crippen MR) is 120 cm³/mol. The zero-order valence-corrected chi connectivity index (χ0v) is 17.2. The van der Waals surface area contributed by atoms with Crippen molar-refractivity contribution in [3.05, 3.63) is 83.4 Å². The van der Waals surface area contributed by atoms with Crippen LogP contribution in [0.2, 0.25) is 5.02 Å². The van der Waals surface area contributed by atoms with Crippen molar-refractivity contribution < 1.29 is 14.3 Å². The van der Waals surface area contributed by atoms with Gasteiger partial charge in [0.1, 0.15) is 11.5 Å². The summed E-state index contributed by atoms with van der Waals surface area (Å²) in [5.74, 6) is 1.06. The van der Waals surface area contributed by atoms with Crippen LogP contribution in [0.5, 0.6) is 11.5 Å². The van der Waals surface area contributed by atoms with Gasteiger partial charge in [-0.2, -0.15) is 0 Å². The van der Waals surface area contributed by atoms with Gasteiger partial charge in [0.15, 0.2) is 0 Å². The van der Waals surface area contributed by atoms with Crippen molar-refractivity contribution in [2.24, 2.45) is 0 Å². The van der Waals surface area contributed by atoms with Crippen LogP contribution in [0.15, 0.2) is 72.8 Å². The number of carbonyl (C=O) groups is 1. The number of para-hydroxylation sites is 1. The van der Waals surface area contributed by atoms with E-state index < -0.39 is 0 Å². The summed E-state index contributed by atoms with van der Waals surface area (Å²) in [6.45, 7) is 0. The molecule has 3 aromatic carbocycles. The molecule has 0 spiro atoms. The Morgan fingerprint density at radius 2 is 1.70 bits per heavy atom. The minimum atomic E-state index is -0.232. The van der Waals surface area contributed by atoms with Crippen LogP contribution in [0, 0.1) is 0 Å². The minimum absolute atomic E-state index is 0.232. The first kappa shape index (κ1) is 19.7. The van der Waals surface area contributed by atoms with E-state index in [0.717, 1.165) is 10.9 Å². The van der Waals surface area contributed by atoms with Crippen LogP contribution >= 0.6 is 11.6 Å². The molecule has 5 nitrogen and oxygen atoms in total. The van der Waals surface area contributed by atoms with Crippen molar-refractivity contribution >= 4 is 34.1 Å². The summed E-state index contributed by atoms with van der Waals surface area (Å²) in [7, 11) is 3.19. The molecule has 4 rings (SSSR count). The van der Waals surface area contributed by atoms with Gasteiger partial charge >= 0.3 is 0 Å². The molecule has 0 fully saturated rings. The molecule has 0 atom stereocenters. The van der Waals surface area contributed by atoms with Gasteiger partial charge in [0.25, 0.3) is 5.91 Å². The number of halogens is 1. The number of ether oxygens (including phenoxy) is 2. The van der Waals surface area contributed by atoms with E-state index in [2.05, 4.69) is 5.32 Å². The first-order chi connectivity index (χ1) is 14.6. The van der Waals surface area contributed by atoms with Gasteiger partial charge in [0.2, 0.25) is 0 Å². The van der Waals surface area contributed by atoms with Crippen LogP contribution in [0.3, 0.4) is 0 Å². The third kappa shape index (κ3) is 3.93. The van der Waals surface area contributed by atoms with Gasteiger partial charge in [-0.3, -0.25) is 4.79 Å². The maximum absolute atomic E-state index is 13.1. The standard InChI is InChI=1S/C24H19ClN2O3/c1-29-17-11-12-19(23(13-17)30-2)22-14-20(18-5-3-4-6-21(18)27-22)24(28)26-16-9-7-15(25)8-10-16/h3-14H,1-2H3,(H,26,28). The van der Waals surface area contributed by atoms with Crippen LogP contribution in [-0.4, -0.2) is 25.1 Å². The molecule has 1 amide bonds. The summed E-state index contributed by atoms with van der Waals surface area (Å²) in [4.78, 5) is 17.9. The first-order valence-corrected chi connectivity index (χ1v) is 9.66. The molecule has 0 saturated heterocycles. The lowest BCUT2D eigenvalue weighted by Gasteiger charge is -2.13. The second kappa shape index (κ2) is 8.43. The van der Waals surface area contributed by atoms with Crippen LogP contribution in [-0.2, 0) is 0 Å². The minimum Gasteiger partial charge on any atom is -0.497 e. The highest BCUT2D eigenvalue weighted by atomic mass is 35.5. The van der Waals surface area contributed by atoms with Crippen LogP contribution < -0.4 is 14.8 Å². The number of methoxy groups -OCH3 is 2. The fourth-order valence-electron chi connectivity index (χ4n) is 3.24. The van der Waals surface area contributed by atoms with Crippen molar-refractivity contribution in [2.45, 2.75) is 0 Å². The van der Waals surface area contributed by atoms with Gasteiger partial charge in [-0.15, -0.1) is 0 Å². The highest BCUT2D eigenvalue weighted by Crippen LogP contribution is 2.34. The Morgan fingerprint density at radius 1 is 0.933 bits per heavy atom. The van der Waals surface area contributed by atoms with E-state index in [0.29, 0.717) is 39.0 Å². The lowest BCUT2D eigenvalue weighted by molar-refractivity contribution is 0.102. The second-order valence-electron chi connectivity index (χ2n) is 6.60. The Labute approximate surface area is 179 Å². The average molecular weight is 419 g/mol. The molecule has 0 saturated carbocycles. The lowest BCUT2D eigenvalue weighted by Crippen LogP contribution is -2.13. The van der Waals surface area contributed by atoms with E-state index in [4.69, 9.17) is 26.1 Å². The van der Waals surface area contributed by atoms with Gasteiger partial charge in [0, 0.05) is 27.7 Å². The number of carbonyl (C=O) groups excluding carboxylic acids is 1. The van der Waals surface area contributed by atoms with Crippen molar-refractivity contribution in [2.75, 3.05) is 19.5 Å². The molecule has 0 radical (unpaired) electrons. The largest absolute Gasteiger partial charge is 0.497 e. The lowest BCUT2D eigenvalue weighted by atomic mass is 10.0. The Balaban J connectivity index is 1.82. The highest BCUT2D eigenvalue weighted by molar-refractivity contribution is 6.30. The molecule has 0 aliphatic heterocycles. The van der Waals surface area contributed by atoms with Gasteiger partial charge in [-0.25, -0.2) is 4.98 Å². The monoisotopic (exact) mass is 418 g/mol. The number of rotatable bonds is 5. The van der Waals surface area contributed by atoms with Gasteiger partial charge in [0.05, 0.1) is 31.0 Å². The van der Waals surface area contributed by atoms with E-state index in [1.54, 1.807) is 50.6 Å². The zero-order chi connectivity index (χ0) is 21.1. The number of hydrogen-bond acceptors (Lipinski definition) is 4. The number of nitrogens with one attached hydrogen (secondary N) is 1. The van der Waals surface area contributed by atoms with Crippen molar-refractivity contribution in [1.29, 1.82) is 0 Å². The maximum Gasteiger partial charge on any atom is 0.256 e. The number of fused-ring (bicyclic) bond motifs is 1. The Morgan fingerprint density at radius 3 is 2.43 bits per heavy atom. The fraction of sp³-hybridized carbons (Fsp3) is 0.0833. The van der Waals surface area contributed by atoms with Gasteiger partial charge < -0.3 is 14.8 Å². The summed E-state index contributed by atoms with van der Waals surface area (Å²) >= 11 is 5.94. The molecule has 1 heterocycles. The molecule has 0 bridgehead atoms. The smallest absolute Gasteiger partial charge is 0.256 e. The topological polar surface area (TPSA) is 60.5 Å². The summed E-state index contributed by atoms with van der Waals surface area (Å²) in [5, 5.41) is 4.30. The summed E-state index contributed by atoms with van der Waals surface area (Å²) in [6, 6.07) is 21.8. The van der Waals surface area contributed by atoms with E-state index in [1.807, 2.05) is 36.4 Å². The Kier molecular flexibility index (Phi) is 5.55. The van der Waals surface area contributed by atoms with Crippen LogP contribution in [0.4, 0.5) is 5.69 Å². The molecule has 4 aromatic rings. The maximum atomic E-state index is 13.1. The number of nitrogens with zero attached hydrogens (tertiary/aromatic N) is 1. The molecule has 0 aliphatic rings. The summed E-state index contributed by atoms with van der Waals surface area (Å²) in [6.07, 6.45) is 0. The van der Waals surface area contributed by atoms with E-state index in [-0.39, 0.29) is 5.91 Å². The number of hydrogen-bond donors (Lipinski definition) is 1. The van der Waals surface area contributed by atoms with Gasteiger partial charge in [-0.1, -0.05) is 29.8 Å². The third-order valence-corrected chi connectivity index (χ3v) is 5.00. The van der Waals surface area contributed by atoms with Crippen LogP contribution in [0.1, 0.15) is 10.4 Å². The zero-order valence-electron chi connectivity index (χ0n) is 16.5. The third-order valence-electron chi connectivity index (χ3n) is 4.75. The number of benzene rings is 3. The molecular weight excluding hydrogens is 400 g/mol. The van der Waals surface area contributed by atoms with Crippen molar-refractivity contribution in [3.8, 4) is 22.8 Å². The predicted octanol–water partition coefficient (Wildman–Crippen LogP) is 5.82. The number of anilines is 1. The van der Waals surface area contributed by atoms with Crippen molar-refractivity contribution in [1.82, 2.24) is 4.98 Å². The van der Waals surface area contributed by atoms with Crippen molar-refractivity contribution in [3.63, 3.8) is 0 Å². The Bertz CT molecular complexity index is 1220. The summed E-state index contributed by atoms with van der Waals surface area (Å²) < 4.78 is 10.8. The second-order valence-corrected chi connectivity index (χ2v) is 7.04.